The largest absolute Gasteiger partial charge is 0.480 e. The zero-order chi connectivity index (χ0) is 10.9. The second-order valence-electron chi connectivity index (χ2n) is 4.11. The van der Waals surface area contributed by atoms with Gasteiger partial charge in [-0.3, -0.25) is 4.79 Å². The molecule has 1 fully saturated rings. The number of hydrogen-bond acceptors (Lipinski definition) is 2. The van der Waals surface area contributed by atoms with E-state index < -0.39 is 12.0 Å². The Morgan fingerprint density at radius 1 is 1.29 bits per heavy atom. The van der Waals surface area contributed by atoms with E-state index in [4.69, 9.17) is 5.11 Å². The summed E-state index contributed by atoms with van der Waals surface area (Å²) in [6, 6.07) is -0.596. The molecule has 4 nitrogen and oxygen atoms in total. The van der Waals surface area contributed by atoms with Crippen LogP contribution in [-0.4, -0.2) is 34.0 Å². The lowest BCUT2D eigenvalue weighted by Crippen LogP contribution is -2.55. The van der Waals surface area contributed by atoms with E-state index in [1.165, 1.54) is 11.8 Å². The molecule has 1 N–H and O–H groups in total. The van der Waals surface area contributed by atoms with Crippen LogP contribution in [-0.2, 0) is 9.59 Å². The third-order valence-corrected chi connectivity index (χ3v) is 2.97. The van der Waals surface area contributed by atoms with Gasteiger partial charge in [-0.05, 0) is 25.7 Å². The number of carboxylic acid groups (broad SMARTS) is 1. The van der Waals surface area contributed by atoms with E-state index >= 15 is 0 Å². The predicted octanol–water partition coefficient (Wildman–Crippen LogP) is 1.11. The van der Waals surface area contributed by atoms with Crippen molar-refractivity contribution >= 4 is 11.9 Å². The van der Waals surface area contributed by atoms with E-state index in [1.807, 2.05) is 13.8 Å². The minimum Gasteiger partial charge on any atom is -0.480 e. The monoisotopic (exact) mass is 199 g/mol. The highest BCUT2D eigenvalue weighted by molar-refractivity contribution is 5.83. The van der Waals surface area contributed by atoms with Crippen molar-refractivity contribution in [2.75, 3.05) is 0 Å². The minimum atomic E-state index is -0.890. The van der Waals surface area contributed by atoms with Crippen molar-refractivity contribution in [2.45, 2.75) is 45.7 Å². The molecule has 3 atom stereocenters. The van der Waals surface area contributed by atoms with Gasteiger partial charge in [0.25, 0.3) is 0 Å². The van der Waals surface area contributed by atoms with E-state index in [2.05, 4.69) is 0 Å². The zero-order valence-corrected chi connectivity index (χ0v) is 8.86. The Morgan fingerprint density at radius 3 is 2.21 bits per heavy atom. The molecule has 1 amide bonds. The maximum atomic E-state index is 11.3. The maximum Gasteiger partial charge on any atom is 0.326 e. The summed E-state index contributed by atoms with van der Waals surface area (Å²) in [5, 5.41) is 9.05. The van der Waals surface area contributed by atoms with Gasteiger partial charge in [-0.15, -0.1) is 0 Å². The van der Waals surface area contributed by atoms with Crippen LogP contribution >= 0.6 is 0 Å². The van der Waals surface area contributed by atoms with Crippen LogP contribution in [0.1, 0.15) is 33.6 Å². The molecular formula is C10H17NO3. The molecule has 0 aromatic carbocycles. The summed E-state index contributed by atoms with van der Waals surface area (Å²) in [4.78, 5) is 23.9. The Kier molecular flexibility index (Phi) is 3.13. The molecule has 80 valence electrons. The van der Waals surface area contributed by atoms with Crippen molar-refractivity contribution in [1.29, 1.82) is 0 Å². The molecule has 0 saturated carbocycles. The molecule has 4 heteroatoms. The number of amides is 1. The number of hydrogen-bond donors (Lipinski definition) is 1. The van der Waals surface area contributed by atoms with Crippen LogP contribution in [0.2, 0.25) is 0 Å². The first-order valence-electron chi connectivity index (χ1n) is 4.97. The summed E-state index contributed by atoms with van der Waals surface area (Å²) >= 11 is 0. The van der Waals surface area contributed by atoms with Gasteiger partial charge in [0.05, 0.1) is 0 Å². The van der Waals surface area contributed by atoms with Crippen LogP contribution in [0.25, 0.3) is 0 Å². The maximum absolute atomic E-state index is 11.3. The van der Waals surface area contributed by atoms with Gasteiger partial charge >= 0.3 is 5.97 Å². The molecule has 14 heavy (non-hydrogen) atoms. The highest BCUT2D eigenvalue weighted by Crippen LogP contribution is 2.27. The Bertz CT molecular complexity index is 226. The lowest BCUT2D eigenvalue weighted by Gasteiger charge is -2.41. The number of carbonyl (C=O) groups is 2. The number of aliphatic carboxylic acids is 1. The van der Waals surface area contributed by atoms with Crippen LogP contribution in [0.3, 0.4) is 0 Å². The number of nitrogens with zero attached hydrogens (tertiary/aromatic N) is 1. The lowest BCUT2D eigenvalue weighted by molar-refractivity contribution is -0.156. The van der Waals surface area contributed by atoms with Gasteiger partial charge in [-0.25, -0.2) is 4.79 Å². The van der Waals surface area contributed by atoms with E-state index in [0.29, 0.717) is 0 Å². The molecule has 0 spiro atoms. The van der Waals surface area contributed by atoms with Crippen molar-refractivity contribution in [1.82, 2.24) is 4.90 Å². The summed E-state index contributed by atoms with van der Waals surface area (Å²) in [5.41, 5.74) is 0. The molecule has 0 aliphatic carbocycles. The SMILES string of the molecule is CC(=O)N1C(C)CCC(C)C1C(=O)O. The van der Waals surface area contributed by atoms with Crippen LogP contribution in [0.15, 0.2) is 0 Å². The van der Waals surface area contributed by atoms with E-state index in [0.717, 1.165) is 12.8 Å². The van der Waals surface area contributed by atoms with Gasteiger partial charge < -0.3 is 10.0 Å². The molecule has 3 unspecified atom stereocenters. The van der Waals surface area contributed by atoms with Crippen molar-refractivity contribution < 1.29 is 14.7 Å². The average molecular weight is 199 g/mol. The average Bonchev–Trinajstić information content (AvgIpc) is 2.07. The Balaban J connectivity index is 2.92. The van der Waals surface area contributed by atoms with Gasteiger partial charge in [-0.2, -0.15) is 0 Å². The fraction of sp³-hybridized carbons (Fsp3) is 0.800. The molecule has 1 rings (SSSR count). The molecule has 1 saturated heterocycles. The van der Waals surface area contributed by atoms with E-state index in [1.54, 1.807) is 0 Å². The fourth-order valence-corrected chi connectivity index (χ4v) is 2.22. The number of carbonyl (C=O) groups excluding carboxylic acids is 1. The molecule has 0 bridgehead atoms. The third kappa shape index (κ3) is 1.89. The van der Waals surface area contributed by atoms with Crippen molar-refractivity contribution in [3.63, 3.8) is 0 Å². The predicted molar refractivity (Wildman–Crippen MR) is 51.8 cm³/mol. The quantitative estimate of drug-likeness (QED) is 0.688. The van der Waals surface area contributed by atoms with Gasteiger partial charge in [0.15, 0.2) is 0 Å². The van der Waals surface area contributed by atoms with Crippen molar-refractivity contribution in [3.8, 4) is 0 Å². The van der Waals surface area contributed by atoms with E-state index in [9.17, 15) is 9.59 Å². The second-order valence-corrected chi connectivity index (χ2v) is 4.11. The molecule has 0 radical (unpaired) electrons. The van der Waals surface area contributed by atoms with Crippen LogP contribution in [0.4, 0.5) is 0 Å². The summed E-state index contributed by atoms with van der Waals surface area (Å²) in [7, 11) is 0. The first-order chi connectivity index (χ1) is 6.45. The standard InChI is InChI=1S/C10H17NO3/c1-6-4-5-7(2)11(8(3)12)9(6)10(13)14/h6-7,9H,4-5H2,1-3H3,(H,13,14). The Morgan fingerprint density at radius 2 is 1.86 bits per heavy atom. The van der Waals surface area contributed by atoms with Crippen LogP contribution in [0, 0.1) is 5.92 Å². The number of carboxylic acids is 1. The molecule has 0 aromatic heterocycles. The first kappa shape index (κ1) is 11.0. The smallest absolute Gasteiger partial charge is 0.326 e. The number of likely N-dealkylation sites (tertiary alicyclic amines) is 1. The first-order valence-corrected chi connectivity index (χ1v) is 4.97. The lowest BCUT2D eigenvalue weighted by atomic mass is 9.87. The van der Waals surface area contributed by atoms with E-state index in [-0.39, 0.29) is 17.9 Å². The molecule has 0 aromatic rings. The topological polar surface area (TPSA) is 57.6 Å². The molecule has 1 aliphatic rings. The van der Waals surface area contributed by atoms with Crippen LogP contribution < -0.4 is 0 Å². The van der Waals surface area contributed by atoms with Gasteiger partial charge in [0.1, 0.15) is 6.04 Å². The van der Waals surface area contributed by atoms with Crippen molar-refractivity contribution in [3.05, 3.63) is 0 Å². The second kappa shape index (κ2) is 3.98. The third-order valence-electron chi connectivity index (χ3n) is 2.97. The summed E-state index contributed by atoms with van der Waals surface area (Å²) < 4.78 is 0. The highest BCUT2D eigenvalue weighted by atomic mass is 16.4. The van der Waals surface area contributed by atoms with Crippen molar-refractivity contribution in [2.24, 2.45) is 5.92 Å². The Hall–Kier alpha value is -1.06. The molecule has 1 aliphatic heterocycles. The molecular weight excluding hydrogens is 182 g/mol. The summed E-state index contributed by atoms with van der Waals surface area (Å²) in [6.45, 7) is 5.23. The Labute approximate surface area is 83.9 Å². The molecule has 1 heterocycles. The van der Waals surface area contributed by atoms with Gasteiger partial charge in [0, 0.05) is 13.0 Å². The minimum absolute atomic E-state index is 0.0461. The van der Waals surface area contributed by atoms with Gasteiger partial charge in [-0.1, -0.05) is 6.92 Å². The fourth-order valence-electron chi connectivity index (χ4n) is 2.22. The number of piperidine rings is 1. The number of rotatable bonds is 1. The van der Waals surface area contributed by atoms with Crippen LogP contribution in [0.5, 0.6) is 0 Å². The summed E-state index contributed by atoms with van der Waals surface area (Å²) in [5.74, 6) is -0.983. The summed E-state index contributed by atoms with van der Waals surface area (Å²) in [6.07, 6.45) is 1.77. The highest BCUT2D eigenvalue weighted by Gasteiger charge is 2.39. The zero-order valence-electron chi connectivity index (χ0n) is 8.86. The normalized spacial score (nSPS) is 32.8. The van der Waals surface area contributed by atoms with Gasteiger partial charge in [0.2, 0.25) is 5.91 Å².